The van der Waals surface area contributed by atoms with Gasteiger partial charge < -0.3 is 8.98 Å². The second-order valence-corrected chi connectivity index (χ2v) is 11.7. The summed E-state index contributed by atoms with van der Waals surface area (Å²) in [5.41, 5.74) is 5.49. The summed E-state index contributed by atoms with van der Waals surface area (Å²) >= 11 is 12.5. The summed E-state index contributed by atoms with van der Waals surface area (Å²) in [4.78, 5) is 9.58. The van der Waals surface area contributed by atoms with E-state index in [-0.39, 0.29) is 4.90 Å². The summed E-state index contributed by atoms with van der Waals surface area (Å²) in [5.74, 6) is 1.86. The van der Waals surface area contributed by atoms with Crippen LogP contribution >= 0.6 is 23.2 Å². The zero-order valence-corrected chi connectivity index (χ0v) is 22.9. The van der Waals surface area contributed by atoms with Crippen molar-refractivity contribution in [2.45, 2.75) is 25.7 Å². The van der Waals surface area contributed by atoms with Gasteiger partial charge >= 0.3 is 0 Å². The summed E-state index contributed by atoms with van der Waals surface area (Å²) in [5, 5.41) is 0.855. The van der Waals surface area contributed by atoms with Crippen LogP contribution in [0.3, 0.4) is 0 Å². The highest BCUT2D eigenvalue weighted by atomic mass is 35.5. The molecular formula is C28H23Cl2N3O3S. The number of rotatable bonds is 5. The summed E-state index contributed by atoms with van der Waals surface area (Å²) in [7, 11) is -3.36. The largest absolute Gasteiger partial charge is 0.440 e. The van der Waals surface area contributed by atoms with Gasteiger partial charge in [0.2, 0.25) is 0 Å². The molecule has 0 unspecified atom stereocenters. The maximum absolute atomic E-state index is 12.2. The third kappa shape index (κ3) is 4.94. The van der Waals surface area contributed by atoms with E-state index in [9.17, 15) is 8.42 Å². The lowest BCUT2D eigenvalue weighted by Gasteiger charge is -2.14. The monoisotopic (exact) mass is 551 g/mol. The SMILES string of the molecule is Cc1cn(-c2ccc(-c3cccc(S(C)(=O)=O)c3)cc2-c2nc(C)oc2-c2ccc(Cl)c(Cl)c2)c(C)n1. The zero-order chi connectivity index (χ0) is 26.5. The van der Waals surface area contributed by atoms with Gasteiger partial charge in [-0.1, -0.05) is 41.4 Å². The third-order valence-corrected chi connectivity index (χ3v) is 7.87. The Morgan fingerprint density at radius 1 is 0.838 bits per heavy atom. The van der Waals surface area contributed by atoms with Crippen molar-refractivity contribution in [3.8, 4) is 39.4 Å². The third-order valence-electron chi connectivity index (χ3n) is 6.03. The number of imidazole rings is 1. The zero-order valence-electron chi connectivity index (χ0n) is 20.6. The van der Waals surface area contributed by atoms with E-state index in [0.29, 0.717) is 27.4 Å². The van der Waals surface area contributed by atoms with Crippen LogP contribution in [-0.2, 0) is 9.84 Å². The van der Waals surface area contributed by atoms with Crippen LogP contribution in [0.2, 0.25) is 10.0 Å². The lowest BCUT2D eigenvalue weighted by molar-refractivity contribution is 0.534. The van der Waals surface area contributed by atoms with Gasteiger partial charge in [0.25, 0.3) is 0 Å². The van der Waals surface area contributed by atoms with E-state index in [0.717, 1.165) is 39.5 Å². The highest BCUT2D eigenvalue weighted by Gasteiger charge is 2.21. The van der Waals surface area contributed by atoms with Crippen LogP contribution < -0.4 is 0 Å². The smallest absolute Gasteiger partial charge is 0.192 e. The van der Waals surface area contributed by atoms with Gasteiger partial charge in [0, 0.05) is 30.5 Å². The number of nitrogens with zero attached hydrogens (tertiary/aromatic N) is 3. The van der Waals surface area contributed by atoms with Crippen molar-refractivity contribution in [2.75, 3.05) is 6.26 Å². The predicted molar refractivity (Wildman–Crippen MR) is 147 cm³/mol. The number of sulfone groups is 1. The van der Waals surface area contributed by atoms with Gasteiger partial charge in [-0.2, -0.15) is 0 Å². The molecule has 0 saturated carbocycles. The number of oxazole rings is 1. The Labute approximate surface area is 225 Å². The molecule has 0 atom stereocenters. The fourth-order valence-electron chi connectivity index (χ4n) is 4.33. The topological polar surface area (TPSA) is 78.0 Å². The molecule has 0 amide bonds. The Hall–Kier alpha value is -3.39. The molecule has 6 nitrogen and oxygen atoms in total. The van der Waals surface area contributed by atoms with Crippen LogP contribution in [0.4, 0.5) is 0 Å². The number of aryl methyl sites for hydroxylation is 3. The summed E-state index contributed by atoms with van der Waals surface area (Å²) < 4.78 is 32.4. The van der Waals surface area contributed by atoms with Crippen molar-refractivity contribution >= 4 is 33.0 Å². The number of benzene rings is 3. The van der Waals surface area contributed by atoms with Crippen LogP contribution in [0.5, 0.6) is 0 Å². The molecule has 0 aliphatic carbocycles. The average molecular weight is 552 g/mol. The van der Waals surface area contributed by atoms with E-state index in [4.69, 9.17) is 32.6 Å². The number of aromatic nitrogens is 3. The van der Waals surface area contributed by atoms with Crippen LogP contribution in [0.25, 0.3) is 39.4 Å². The Kier molecular flexibility index (Phi) is 6.48. The van der Waals surface area contributed by atoms with Crippen LogP contribution in [0, 0.1) is 20.8 Å². The Morgan fingerprint density at radius 2 is 1.57 bits per heavy atom. The molecule has 5 rings (SSSR count). The lowest BCUT2D eigenvalue weighted by Crippen LogP contribution is -2.00. The second-order valence-electron chi connectivity index (χ2n) is 8.87. The first-order chi connectivity index (χ1) is 17.5. The standard InChI is InChI=1S/C28H23Cl2N3O3S/c1-16-15-33(17(2)31-16)26-11-9-20(19-6-5-7-22(12-19)37(4,34)35)13-23(26)27-28(36-18(3)32-27)21-8-10-24(29)25(30)14-21/h5-15H,1-4H3. The van der Waals surface area contributed by atoms with E-state index >= 15 is 0 Å². The van der Waals surface area contributed by atoms with Crippen molar-refractivity contribution in [3.63, 3.8) is 0 Å². The molecule has 37 heavy (non-hydrogen) atoms. The maximum Gasteiger partial charge on any atom is 0.192 e. The molecule has 0 N–H and O–H groups in total. The van der Waals surface area contributed by atoms with Crippen LogP contribution in [0.1, 0.15) is 17.4 Å². The Bertz CT molecular complexity index is 1770. The van der Waals surface area contributed by atoms with E-state index in [2.05, 4.69) is 4.98 Å². The molecule has 0 aliphatic heterocycles. The van der Waals surface area contributed by atoms with Gasteiger partial charge in [0.1, 0.15) is 11.5 Å². The number of hydrogen-bond donors (Lipinski definition) is 0. The molecule has 0 saturated heterocycles. The van der Waals surface area contributed by atoms with Gasteiger partial charge in [0.05, 0.1) is 26.3 Å². The maximum atomic E-state index is 12.2. The molecule has 0 spiro atoms. The number of hydrogen-bond acceptors (Lipinski definition) is 5. The molecule has 0 aliphatic rings. The van der Waals surface area contributed by atoms with Crippen molar-refractivity contribution in [1.82, 2.24) is 14.5 Å². The summed E-state index contributed by atoms with van der Waals surface area (Å²) in [6, 6.07) is 18.1. The summed E-state index contributed by atoms with van der Waals surface area (Å²) in [6.07, 6.45) is 3.16. The normalized spacial score (nSPS) is 11.7. The van der Waals surface area contributed by atoms with Gasteiger partial charge in [-0.05, 0) is 67.4 Å². The summed E-state index contributed by atoms with van der Waals surface area (Å²) in [6.45, 7) is 5.67. The predicted octanol–water partition coefficient (Wildman–Crippen LogP) is 7.50. The molecule has 3 aromatic carbocycles. The van der Waals surface area contributed by atoms with Crippen LogP contribution in [-0.4, -0.2) is 29.2 Å². The Morgan fingerprint density at radius 3 is 2.24 bits per heavy atom. The number of halogens is 2. The van der Waals surface area contributed by atoms with Gasteiger partial charge in [-0.3, -0.25) is 0 Å². The molecule has 188 valence electrons. The van der Waals surface area contributed by atoms with E-state index in [1.807, 2.05) is 54.9 Å². The average Bonchev–Trinajstić information content (AvgIpc) is 3.41. The molecule has 9 heteroatoms. The molecule has 0 radical (unpaired) electrons. The lowest BCUT2D eigenvalue weighted by atomic mass is 9.98. The van der Waals surface area contributed by atoms with E-state index in [1.165, 1.54) is 6.26 Å². The fourth-order valence-corrected chi connectivity index (χ4v) is 5.29. The molecule has 0 fully saturated rings. The first-order valence-electron chi connectivity index (χ1n) is 11.4. The molecule has 5 aromatic rings. The molecule has 0 bridgehead atoms. The fraction of sp³-hybridized carbons (Fsp3) is 0.143. The first kappa shape index (κ1) is 25.3. The molecular weight excluding hydrogens is 529 g/mol. The second kappa shape index (κ2) is 9.49. The minimum atomic E-state index is -3.36. The van der Waals surface area contributed by atoms with Crippen molar-refractivity contribution in [1.29, 1.82) is 0 Å². The minimum absolute atomic E-state index is 0.255. The van der Waals surface area contributed by atoms with Gasteiger partial charge in [0.15, 0.2) is 21.5 Å². The highest BCUT2D eigenvalue weighted by molar-refractivity contribution is 7.90. The Balaban J connectivity index is 1.77. The van der Waals surface area contributed by atoms with Crippen molar-refractivity contribution < 1.29 is 12.8 Å². The van der Waals surface area contributed by atoms with Crippen LogP contribution in [0.15, 0.2) is 76.2 Å². The van der Waals surface area contributed by atoms with Crippen molar-refractivity contribution in [3.05, 3.63) is 94.3 Å². The van der Waals surface area contributed by atoms with Gasteiger partial charge in [-0.15, -0.1) is 0 Å². The van der Waals surface area contributed by atoms with E-state index < -0.39 is 9.84 Å². The quantitative estimate of drug-likeness (QED) is 0.226. The van der Waals surface area contributed by atoms with E-state index in [1.54, 1.807) is 37.3 Å². The minimum Gasteiger partial charge on any atom is -0.440 e. The molecule has 2 aromatic heterocycles. The first-order valence-corrected chi connectivity index (χ1v) is 14.1. The van der Waals surface area contributed by atoms with Crippen molar-refractivity contribution in [2.24, 2.45) is 0 Å². The molecule has 2 heterocycles. The van der Waals surface area contributed by atoms with Gasteiger partial charge in [-0.25, -0.2) is 18.4 Å². The highest BCUT2D eigenvalue weighted by Crippen LogP contribution is 2.40.